The Bertz CT molecular complexity index is 1440. The third-order valence-electron chi connectivity index (χ3n) is 6.62. The van der Waals surface area contributed by atoms with Crippen molar-refractivity contribution in [2.45, 2.75) is 25.0 Å². The molecule has 0 aliphatic carbocycles. The minimum Gasteiger partial charge on any atom is -0.383 e. The molecule has 2 heterocycles. The van der Waals surface area contributed by atoms with Gasteiger partial charge in [-0.2, -0.15) is 0 Å². The molecule has 1 aromatic heterocycles. The monoisotopic (exact) mass is 493 g/mol. The number of likely N-dealkylation sites (tertiary alicyclic amines) is 1. The number of hydrogen-bond donors (Lipinski definition) is 3. The normalized spacial score (nSPS) is 15.5. The van der Waals surface area contributed by atoms with E-state index in [-0.39, 0.29) is 17.7 Å². The summed E-state index contributed by atoms with van der Waals surface area (Å²) in [6, 6.07) is 24.0. The number of amides is 3. The number of rotatable bonds is 7. The van der Waals surface area contributed by atoms with Crippen molar-refractivity contribution in [3.05, 3.63) is 108 Å². The van der Waals surface area contributed by atoms with Gasteiger partial charge in [-0.1, -0.05) is 60.7 Å². The Morgan fingerprint density at radius 2 is 1.70 bits per heavy atom. The molecule has 0 spiro atoms. The number of hydrogen-bond acceptors (Lipinski definition) is 5. The van der Waals surface area contributed by atoms with E-state index in [1.54, 1.807) is 42.6 Å². The maximum Gasteiger partial charge on any atom is 0.252 e. The molecule has 3 aromatic carbocycles. The van der Waals surface area contributed by atoms with Crippen molar-refractivity contribution in [3.63, 3.8) is 0 Å². The molecule has 8 heteroatoms. The molecule has 1 saturated heterocycles. The van der Waals surface area contributed by atoms with Gasteiger partial charge in [0.1, 0.15) is 17.9 Å². The van der Waals surface area contributed by atoms with E-state index < -0.39 is 12.1 Å². The van der Waals surface area contributed by atoms with Crippen LogP contribution in [-0.2, 0) is 16.1 Å². The molecule has 8 nitrogen and oxygen atoms in total. The van der Waals surface area contributed by atoms with Crippen LogP contribution in [0.2, 0.25) is 0 Å². The van der Waals surface area contributed by atoms with E-state index in [9.17, 15) is 14.4 Å². The van der Waals surface area contributed by atoms with E-state index in [1.807, 2.05) is 48.5 Å². The fraction of sp³-hybridized carbons (Fsp3) is 0.172. The predicted molar refractivity (Wildman–Crippen MR) is 141 cm³/mol. The van der Waals surface area contributed by atoms with Crippen molar-refractivity contribution in [2.24, 2.45) is 0 Å². The number of nitrogens with two attached hydrogens (primary N) is 1. The predicted octanol–water partition coefficient (Wildman–Crippen LogP) is 3.21. The average Bonchev–Trinajstić information content (AvgIpc) is 2.91. The summed E-state index contributed by atoms with van der Waals surface area (Å²) >= 11 is 0. The van der Waals surface area contributed by atoms with Crippen LogP contribution >= 0.6 is 0 Å². The highest BCUT2D eigenvalue weighted by atomic mass is 16.2. The minimum atomic E-state index is -0.899. The molecule has 4 aromatic rings. The lowest BCUT2D eigenvalue weighted by molar-refractivity contribution is -0.149. The highest BCUT2D eigenvalue weighted by Crippen LogP contribution is 2.25. The molecule has 0 bridgehead atoms. The summed E-state index contributed by atoms with van der Waals surface area (Å²) in [5, 5.41) is 7.61. The molecule has 186 valence electrons. The average molecular weight is 494 g/mol. The highest BCUT2D eigenvalue weighted by Gasteiger charge is 2.41. The molecule has 37 heavy (non-hydrogen) atoms. The second-order valence-corrected chi connectivity index (χ2v) is 8.99. The van der Waals surface area contributed by atoms with Gasteiger partial charge in [-0.3, -0.25) is 14.4 Å². The molecule has 1 fully saturated rings. The first kappa shape index (κ1) is 24.0. The number of fused-ring (bicyclic) bond motifs is 1. The van der Waals surface area contributed by atoms with Crippen molar-refractivity contribution in [1.29, 1.82) is 0 Å². The van der Waals surface area contributed by atoms with E-state index >= 15 is 0 Å². The lowest BCUT2D eigenvalue weighted by Gasteiger charge is -2.41. The third kappa shape index (κ3) is 5.13. The summed E-state index contributed by atoms with van der Waals surface area (Å²) in [7, 11) is 0. The van der Waals surface area contributed by atoms with Crippen LogP contribution in [0.4, 0.5) is 5.82 Å². The SMILES string of the molecule is Nc1nccc2cc(CNC(=O)[C@@H]3CCN3C(=O)C(NC(=O)c3ccccc3)c3ccccc3)ccc12. The standard InChI is InChI=1S/C29H27N5O3/c30-26-23-12-11-19(17-22(23)13-15-31-26)18-32-28(36)24-14-16-34(24)29(37)25(20-7-3-1-4-8-20)33-27(35)21-9-5-2-6-10-21/h1-13,15,17,24-25H,14,16,18H2,(H2,30,31)(H,32,36)(H,33,35)/t24-,25?/m0/s1. The van der Waals surface area contributed by atoms with E-state index in [1.165, 1.54) is 4.90 Å². The fourth-order valence-electron chi connectivity index (χ4n) is 4.49. The zero-order chi connectivity index (χ0) is 25.8. The van der Waals surface area contributed by atoms with E-state index in [4.69, 9.17) is 5.73 Å². The number of carbonyl (C=O) groups is 3. The van der Waals surface area contributed by atoms with Crippen LogP contribution in [0.15, 0.2) is 91.1 Å². The third-order valence-corrected chi connectivity index (χ3v) is 6.62. The molecule has 1 aliphatic rings. The van der Waals surface area contributed by atoms with Gasteiger partial charge in [0.25, 0.3) is 5.91 Å². The summed E-state index contributed by atoms with van der Waals surface area (Å²) < 4.78 is 0. The van der Waals surface area contributed by atoms with Gasteiger partial charge < -0.3 is 21.3 Å². The van der Waals surface area contributed by atoms with Gasteiger partial charge >= 0.3 is 0 Å². The van der Waals surface area contributed by atoms with Crippen molar-refractivity contribution in [3.8, 4) is 0 Å². The molecule has 0 radical (unpaired) electrons. The van der Waals surface area contributed by atoms with Gasteiger partial charge in [-0.15, -0.1) is 0 Å². The fourth-order valence-corrected chi connectivity index (χ4v) is 4.49. The molecule has 2 atom stereocenters. The number of nitrogens with one attached hydrogen (secondary N) is 2. The molecular weight excluding hydrogens is 466 g/mol. The van der Waals surface area contributed by atoms with Crippen LogP contribution in [0.25, 0.3) is 10.8 Å². The lowest BCUT2D eigenvalue weighted by Crippen LogP contribution is -2.60. The van der Waals surface area contributed by atoms with Crippen LogP contribution in [0.5, 0.6) is 0 Å². The van der Waals surface area contributed by atoms with Crippen LogP contribution in [0.3, 0.4) is 0 Å². The maximum absolute atomic E-state index is 13.6. The van der Waals surface area contributed by atoms with Gasteiger partial charge in [-0.05, 0) is 47.2 Å². The van der Waals surface area contributed by atoms with Crippen molar-refractivity contribution in [1.82, 2.24) is 20.5 Å². The summed E-state index contributed by atoms with van der Waals surface area (Å²) in [5.41, 5.74) is 7.96. The number of aromatic nitrogens is 1. The minimum absolute atomic E-state index is 0.227. The first-order chi connectivity index (χ1) is 18.0. The van der Waals surface area contributed by atoms with Crippen molar-refractivity contribution >= 4 is 34.3 Å². The Kier molecular flexibility index (Phi) is 6.81. The molecule has 1 unspecified atom stereocenters. The Hall–Kier alpha value is -4.72. The zero-order valence-corrected chi connectivity index (χ0v) is 20.1. The van der Waals surface area contributed by atoms with Crippen LogP contribution in [0.1, 0.15) is 33.9 Å². The number of nitrogen functional groups attached to an aromatic ring is 1. The summed E-state index contributed by atoms with van der Waals surface area (Å²) in [6.07, 6.45) is 2.21. The van der Waals surface area contributed by atoms with E-state index in [0.717, 1.165) is 16.3 Å². The molecule has 1 aliphatic heterocycles. The molecule has 5 rings (SSSR count). The smallest absolute Gasteiger partial charge is 0.252 e. The first-order valence-electron chi connectivity index (χ1n) is 12.1. The van der Waals surface area contributed by atoms with E-state index in [0.29, 0.717) is 36.5 Å². The number of carbonyl (C=O) groups excluding carboxylic acids is 3. The summed E-state index contributed by atoms with van der Waals surface area (Å²) in [6.45, 7) is 0.770. The Balaban J connectivity index is 1.27. The number of anilines is 1. The van der Waals surface area contributed by atoms with Gasteiger partial charge in [-0.25, -0.2) is 4.98 Å². The lowest BCUT2D eigenvalue weighted by atomic mass is 9.97. The number of benzene rings is 3. The van der Waals surface area contributed by atoms with Gasteiger partial charge in [0.15, 0.2) is 0 Å². The van der Waals surface area contributed by atoms with Crippen LogP contribution < -0.4 is 16.4 Å². The van der Waals surface area contributed by atoms with Crippen LogP contribution in [0, 0.1) is 0 Å². The number of pyridine rings is 1. The molecule has 3 amide bonds. The van der Waals surface area contributed by atoms with Gasteiger partial charge in [0.2, 0.25) is 11.8 Å². The summed E-state index contributed by atoms with van der Waals surface area (Å²) in [5.74, 6) is -0.425. The Labute approximate surface area is 214 Å². The summed E-state index contributed by atoms with van der Waals surface area (Å²) in [4.78, 5) is 45.1. The molecular formula is C29H27N5O3. The van der Waals surface area contributed by atoms with E-state index in [2.05, 4.69) is 15.6 Å². The Morgan fingerprint density at radius 1 is 0.973 bits per heavy atom. The topological polar surface area (TPSA) is 117 Å². The second kappa shape index (κ2) is 10.5. The van der Waals surface area contributed by atoms with Crippen molar-refractivity contribution in [2.75, 3.05) is 12.3 Å². The van der Waals surface area contributed by atoms with Gasteiger partial charge in [0.05, 0.1) is 0 Å². The molecule has 4 N–H and O–H groups in total. The van der Waals surface area contributed by atoms with Crippen LogP contribution in [-0.4, -0.2) is 40.2 Å². The molecule has 0 saturated carbocycles. The second-order valence-electron chi connectivity index (χ2n) is 8.99. The van der Waals surface area contributed by atoms with Gasteiger partial charge in [0, 0.05) is 30.2 Å². The quantitative estimate of drug-likeness (QED) is 0.366. The Morgan fingerprint density at radius 3 is 2.41 bits per heavy atom. The zero-order valence-electron chi connectivity index (χ0n) is 20.1. The highest BCUT2D eigenvalue weighted by molar-refractivity contribution is 5.99. The largest absolute Gasteiger partial charge is 0.383 e. The van der Waals surface area contributed by atoms with Crippen molar-refractivity contribution < 1.29 is 14.4 Å². The first-order valence-corrected chi connectivity index (χ1v) is 12.1. The maximum atomic E-state index is 13.6. The number of nitrogens with zero attached hydrogens (tertiary/aromatic N) is 2.